The maximum atomic E-state index is 12.0. The number of carbonyl (C=O) groups is 1. The Morgan fingerprint density at radius 1 is 1.30 bits per heavy atom. The number of rotatable bonds is 2. The molecule has 1 aliphatic carbocycles. The van der Waals surface area contributed by atoms with E-state index in [0.717, 1.165) is 11.8 Å². The predicted octanol–water partition coefficient (Wildman–Crippen LogP) is 1.42. The average Bonchev–Trinajstić information content (AvgIpc) is 2.55. The molecule has 1 heterocycles. The molecule has 1 aliphatic heterocycles. The number of carbonyl (C=O) groups excluding carboxylic acids is 1. The van der Waals surface area contributed by atoms with Crippen molar-refractivity contribution >= 4 is 22.7 Å². The number of nitrogens with one attached hydrogen (secondary N) is 1. The topological polar surface area (TPSA) is 95.7 Å². The average molecular weight is 313 g/mol. The van der Waals surface area contributed by atoms with E-state index in [9.17, 15) is 14.7 Å². The molecule has 7 nitrogen and oxygen atoms in total. The number of aromatic nitrogens is 1. The molecular formula is C16H15N3O4. The fourth-order valence-corrected chi connectivity index (χ4v) is 2.32. The molecule has 118 valence electrons. The predicted molar refractivity (Wildman–Crippen MR) is 86.3 cm³/mol. The van der Waals surface area contributed by atoms with Gasteiger partial charge in [-0.15, -0.1) is 0 Å². The zero-order valence-corrected chi connectivity index (χ0v) is 12.9. The third kappa shape index (κ3) is 2.36. The summed E-state index contributed by atoms with van der Waals surface area (Å²) in [6.07, 6.45) is 0. The molecule has 0 atom stereocenters. The van der Waals surface area contributed by atoms with E-state index in [0.29, 0.717) is 11.1 Å². The van der Waals surface area contributed by atoms with Crippen molar-refractivity contribution in [3.05, 3.63) is 40.1 Å². The van der Waals surface area contributed by atoms with E-state index in [1.165, 1.54) is 7.05 Å². The van der Waals surface area contributed by atoms with E-state index >= 15 is 0 Å². The van der Waals surface area contributed by atoms with Crippen LogP contribution in [0.15, 0.2) is 33.5 Å². The summed E-state index contributed by atoms with van der Waals surface area (Å²) in [5.41, 5.74) is 1.33. The molecule has 23 heavy (non-hydrogen) atoms. The number of amides is 1. The molecule has 0 bridgehead atoms. The number of anilines is 1. The van der Waals surface area contributed by atoms with Crippen LogP contribution >= 0.6 is 0 Å². The van der Waals surface area contributed by atoms with Gasteiger partial charge in [0.1, 0.15) is 11.2 Å². The van der Waals surface area contributed by atoms with Crippen LogP contribution in [0.3, 0.4) is 0 Å². The number of aromatic hydroxyl groups is 1. The molecular weight excluding hydrogens is 298 g/mol. The van der Waals surface area contributed by atoms with Crippen LogP contribution in [0.4, 0.5) is 5.69 Å². The van der Waals surface area contributed by atoms with Crippen molar-refractivity contribution in [1.29, 1.82) is 0 Å². The van der Waals surface area contributed by atoms with Gasteiger partial charge in [0.25, 0.3) is 5.91 Å². The number of phenolic OH excluding ortho intramolecular Hbond substituents is 1. The Hall–Kier alpha value is -3.09. The fourth-order valence-electron chi connectivity index (χ4n) is 2.32. The minimum absolute atomic E-state index is 0.0626. The van der Waals surface area contributed by atoms with Crippen molar-refractivity contribution in [2.24, 2.45) is 0 Å². The second-order valence-electron chi connectivity index (χ2n) is 5.29. The van der Waals surface area contributed by atoms with Gasteiger partial charge >= 0.3 is 0 Å². The molecule has 2 aliphatic rings. The van der Waals surface area contributed by atoms with E-state index in [4.69, 9.17) is 4.42 Å². The number of hydrogen-bond acceptors (Lipinski definition) is 6. The van der Waals surface area contributed by atoms with E-state index in [-0.39, 0.29) is 17.0 Å². The minimum Gasteiger partial charge on any atom is -0.501 e. The summed E-state index contributed by atoms with van der Waals surface area (Å²) in [5.74, 6) is -1.13. The highest BCUT2D eigenvalue weighted by Gasteiger charge is 2.24. The van der Waals surface area contributed by atoms with Crippen LogP contribution in [-0.4, -0.2) is 37.1 Å². The first-order valence-corrected chi connectivity index (χ1v) is 6.92. The van der Waals surface area contributed by atoms with Crippen molar-refractivity contribution in [1.82, 2.24) is 10.3 Å². The van der Waals surface area contributed by atoms with Crippen LogP contribution in [0.25, 0.3) is 22.6 Å². The van der Waals surface area contributed by atoms with Crippen LogP contribution in [0.5, 0.6) is 5.75 Å². The van der Waals surface area contributed by atoms with Crippen LogP contribution < -0.4 is 15.6 Å². The molecule has 1 amide bonds. The Balaban J connectivity index is 2.40. The SMILES string of the molecule is CNC(=O)c1cc(=O)c(O)c2oc3cc(N(C)C)ccc3nc1-2. The highest BCUT2D eigenvalue weighted by molar-refractivity contribution is 6.01. The number of phenols is 1. The normalized spacial score (nSPS) is 10.9. The lowest BCUT2D eigenvalue weighted by Crippen LogP contribution is -2.22. The van der Waals surface area contributed by atoms with Crippen molar-refractivity contribution in [2.45, 2.75) is 0 Å². The maximum Gasteiger partial charge on any atom is 0.253 e. The zero-order valence-electron chi connectivity index (χ0n) is 12.9. The smallest absolute Gasteiger partial charge is 0.253 e. The second-order valence-corrected chi connectivity index (χ2v) is 5.29. The van der Waals surface area contributed by atoms with Crippen LogP contribution in [-0.2, 0) is 0 Å². The van der Waals surface area contributed by atoms with Crippen LogP contribution in [0.2, 0.25) is 0 Å². The first-order valence-electron chi connectivity index (χ1n) is 6.92. The number of fused-ring (bicyclic) bond motifs is 2. The Morgan fingerprint density at radius 2 is 2.04 bits per heavy atom. The van der Waals surface area contributed by atoms with Gasteiger partial charge in [-0.05, 0) is 12.1 Å². The van der Waals surface area contributed by atoms with Gasteiger partial charge in [0, 0.05) is 39.0 Å². The Morgan fingerprint density at radius 3 is 2.70 bits per heavy atom. The molecule has 7 heteroatoms. The highest BCUT2D eigenvalue weighted by atomic mass is 16.4. The lowest BCUT2D eigenvalue weighted by molar-refractivity contribution is 0.0963. The quantitative estimate of drug-likeness (QED) is 0.695. The van der Waals surface area contributed by atoms with Crippen molar-refractivity contribution in [3.8, 4) is 17.2 Å². The summed E-state index contributed by atoms with van der Waals surface area (Å²) in [4.78, 5) is 30.1. The zero-order chi connectivity index (χ0) is 16.7. The van der Waals surface area contributed by atoms with Crippen molar-refractivity contribution < 1.29 is 14.3 Å². The fraction of sp³-hybridized carbons (Fsp3) is 0.188. The minimum atomic E-state index is -0.690. The molecule has 2 N–H and O–H groups in total. The number of hydrogen-bond donors (Lipinski definition) is 2. The lowest BCUT2D eigenvalue weighted by atomic mass is 10.1. The third-order valence-electron chi connectivity index (χ3n) is 3.57. The first kappa shape index (κ1) is 14.8. The molecule has 1 aromatic rings. The largest absolute Gasteiger partial charge is 0.501 e. The number of nitrogens with zero attached hydrogens (tertiary/aromatic N) is 2. The van der Waals surface area contributed by atoms with E-state index in [1.807, 2.05) is 25.1 Å². The molecule has 3 rings (SSSR count). The standard InChI is InChI=1S/C16H15N3O4/c1-17-16(22)9-7-11(20)14(21)15-13(9)18-10-5-4-8(19(2)3)6-12(10)23-15/h4-7,21H,1-3H3,(H,17,22). The summed E-state index contributed by atoms with van der Waals surface area (Å²) in [6.45, 7) is 0. The molecule has 0 radical (unpaired) electrons. The summed E-state index contributed by atoms with van der Waals surface area (Å²) in [7, 11) is 5.21. The van der Waals surface area contributed by atoms with Gasteiger partial charge in [0.2, 0.25) is 11.2 Å². The van der Waals surface area contributed by atoms with E-state index < -0.39 is 17.1 Å². The first-order chi connectivity index (χ1) is 10.9. The highest BCUT2D eigenvalue weighted by Crippen LogP contribution is 2.33. The van der Waals surface area contributed by atoms with Gasteiger partial charge in [-0.2, -0.15) is 0 Å². The van der Waals surface area contributed by atoms with Crippen LogP contribution in [0.1, 0.15) is 10.4 Å². The molecule has 0 spiro atoms. The summed E-state index contributed by atoms with van der Waals surface area (Å²) >= 11 is 0. The van der Waals surface area contributed by atoms with Crippen LogP contribution in [0, 0.1) is 0 Å². The number of benzene rings is 2. The van der Waals surface area contributed by atoms with Gasteiger partial charge in [-0.3, -0.25) is 9.59 Å². The lowest BCUT2D eigenvalue weighted by Gasteiger charge is -2.14. The van der Waals surface area contributed by atoms with Gasteiger partial charge in [-0.25, -0.2) is 4.98 Å². The molecule has 0 unspecified atom stereocenters. The van der Waals surface area contributed by atoms with Gasteiger partial charge in [-0.1, -0.05) is 0 Å². The third-order valence-corrected chi connectivity index (χ3v) is 3.57. The summed E-state index contributed by atoms with van der Waals surface area (Å²) in [5, 5.41) is 12.4. The van der Waals surface area contributed by atoms with E-state index in [2.05, 4.69) is 10.3 Å². The monoisotopic (exact) mass is 313 g/mol. The Labute approximate surface area is 131 Å². The molecule has 0 fully saturated rings. The summed E-state index contributed by atoms with van der Waals surface area (Å²) < 4.78 is 5.66. The molecule has 0 aromatic heterocycles. The Bertz CT molecular complexity index is 946. The van der Waals surface area contributed by atoms with Crippen molar-refractivity contribution in [3.63, 3.8) is 0 Å². The summed E-state index contributed by atoms with van der Waals surface area (Å²) in [6, 6.07) is 6.42. The molecule has 1 aromatic carbocycles. The maximum absolute atomic E-state index is 12.0. The molecule has 0 saturated heterocycles. The van der Waals surface area contributed by atoms with Gasteiger partial charge in [0.05, 0.1) is 5.56 Å². The van der Waals surface area contributed by atoms with Gasteiger partial charge < -0.3 is 19.7 Å². The van der Waals surface area contributed by atoms with Gasteiger partial charge in [0.15, 0.2) is 11.3 Å². The molecule has 0 saturated carbocycles. The second kappa shape index (κ2) is 5.28. The van der Waals surface area contributed by atoms with E-state index in [1.54, 1.807) is 12.1 Å². The Kier molecular flexibility index (Phi) is 3.40. The van der Waals surface area contributed by atoms with Crippen molar-refractivity contribution in [2.75, 3.05) is 26.0 Å².